The molecule has 0 aliphatic heterocycles. The summed E-state index contributed by atoms with van der Waals surface area (Å²) in [6, 6.07) is 7.74. The molecule has 17 heavy (non-hydrogen) atoms. The normalized spacial score (nSPS) is 11.5. The highest BCUT2D eigenvalue weighted by molar-refractivity contribution is 14.1. The van der Waals surface area contributed by atoms with Crippen LogP contribution in [0.2, 0.25) is 0 Å². The summed E-state index contributed by atoms with van der Waals surface area (Å²) in [7, 11) is 0. The van der Waals surface area contributed by atoms with Gasteiger partial charge in [-0.25, -0.2) is 10.2 Å². The van der Waals surface area contributed by atoms with E-state index in [0.717, 1.165) is 9.13 Å². The first kappa shape index (κ1) is 14.0. The van der Waals surface area contributed by atoms with Gasteiger partial charge < -0.3 is 4.74 Å². The van der Waals surface area contributed by atoms with Crippen LogP contribution in [0.1, 0.15) is 26.3 Å². The van der Waals surface area contributed by atoms with Gasteiger partial charge in [0.05, 0.1) is 6.21 Å². The molecule has 1 rings (SSSR count). The minimum Gasteiger partial charge on any atom is -0.443 e. The number of ether oxygens (including phenoxy) is 1. The zero-order valence-corrected chi connectivity index (χ0v) is 12.2. The second-order valence-electron chi connectivity index (χ2n) is 4.39. The van der Waals surface area contributed by atoms with Gasteiger partial charge in [0, 0.05) is 9.13 Å². The molecule has 1 N–H and O–H groups in total. The van der Waals surface area contributed by atoms with Gasteiger partial charge in [-0.1, -0.05) is 18.2 Å². The van der Waals surface area contributed by atoms with Gasteiger partial charge in [0.15, 0.2) is 0 Å². The fourth-order valence-corrected chi connectivity index (χ4v) is 1.56. The van der Waals surface area contributed by atoms with Crippen LogP contribution in [0.15, 0.2) is 29.4 Å². The quantitative estimate of drug-likeness (QED) is 0.508. The molecule has 0 aromatic heterocycles. The van der Waals surface area contributed by atoms with Crippen molar-refractivity contribution < 1.29 is 9.53 Å². The maximum absolute atomic E-state index is 11.3. The smallest absolute Gasteiger partial charge is 0.428 e. The SMILES string of the molecule is CC(C)(C)OC(=O)N/N=C\c1ccccc1I. The molecule has 0 heterocycles. The lowest BCUT2D eigenvalue weighted by Crippen LogP contribution is -2.29. The van der Waals surface area contributed by atoms with E-state index in [1.54, 1.807) is 27.0 Å². The summed E-state index contributed by atoms with van der Waals surface area (Å²) >= 11 is 2.20. The number of carbonyl (C=O) groups is 1. The summed E-state index contributed by atoms with van der Waals surface area (Å²) < 4.78 is 6.11. The minimum atomic E-state index is -0.556. The summed E-state index contributed by atoms with van der Waals surface area (Å²) in [5.41, 5.74) is 2.76. The molecular formula is C12H15IN2O2. The third kappa shape index (κ3) is 5.67. The molecule has 0 fully saturated rings. The van der Waals surface area contributed by atoms with Crippen molar-refractivity contribution in [2.75, 3.05) is 0 Å². The van der Waals surface area contributed by atoms with E-state index in [1.165, 1.54) is 0 Å². The highest BCUT2D eigenvalue weighted by Gasteiger charge is 2.15. The Morgan fingerprint density at radius 1 is 1.41 bits per heavy atom. The number of amides is 1. The molecule has 0 saturated heterocycles. The first-order valence-electron chi connectivity index (χ1n) is 5.15. The first-order chi connectivity index (χ1) is 7.88. The van der Waals surface area contributed by atoms with E-state index in [4.69, 9.17) is 4.74 Å². The average Bonchev–Trinajstić information content (AvgIpc) is 2.18. The Morgan fingerprint density at radius 2 is 2.06 bits per heavy atom. The Morgan fingerprint density at radius 3 is 2.65 bits per heavy atom. The minimum absolute atomic E-state index is 0.513. The lowest BCUT2D eigenvalue weighted by molar-refractivity contribution is 0.0529. The number of rotatable bonds is 2. The summed E-state index contributed by atoms with van der Waals surface area (Å²) in [6.07, 6.45) is 1.03. The average molecular weight is 346 g/mol. The first-order valence-corrected chi connectivity index (χ1v) is 6.23. The second kappa shape index (κ2) is 6.00. The molecule has 1 aromatic rings. The summed E-state index contributed by atoms with van der Waals surface area (Å²) in [5.74, 6) is 0. The molecule has 0 radical (unpaired) electrons. The molecule has 5 heteroatoms. The van der Waals surface area contributed by atoms with Crippen molar-refractivity contribution in [3.8, 4) is 0 Å². The number of nitrogens with zero attached hydrogens (tertiary/aromatic N) is 1. The van der Waals surface area contributed by atoms with Crippen molar-refractivity contribution in [3.63, 3.8) is 0 Å². The molecule has 0 saturated carbocycles. The summed E-state index contributed by atoms with van der Waals surface area (Å²) in [6.45, 7) is 5.41. The monoisotopic (exact) mass is 346 g/mol. The Labute approximate surface area is 115 Å². The molecular weight excluding hydrogens is 331 g/mol. The number of hydrogen-bond donors (Lipinski definition) is 1. The molecule has 1 amide bonds. The molecule has 92 valence electrons. The topological polar surface area (TPSA) is 50.7 Å². The van der Waals surface area contributed by atoms with E-state index in [9.17, 15) is 4.79 Å². The maximum Gasteiger partial charge on any atom is 0.428 e. The molecule has 0 spiro atoms. The van der Waals surface area contributed by atoms with E-state index in [1.807, 2.05) is 24.3 Å². The van der Waals surface area contributed by atoms with Gasteiger partial charge in [0.2, 0.25) is 0 Å². The van der Waals surface area contributed by atoms with Crippen molar-refractivity contribution >= 4 is 34.9 Å². The fraction of sp³-hybridized carbons (Fsp3) is 0.333. The lowest BCUT2D eigenvalue weighted by atomic mass is 10.2. The van der Waals surface area contributed by atoms with Crippen LogP contribution in [0, 0.1) is 3.57 Å². The number of carbonyl (C=O) groups excluding carboxylic acids is 1. The number of hydrazone groups is 1. The number of hydrogen-bond acceptors (Lipinski definition) is 3. The van der Waals surface area contributed by atoms with Crippen LogP contribution < -0.4 is 5.43 Å². The Hall–Kier alpha value is -1.11. The van der Waals surface area contributed by atoms with Gasteiger partial charge in [-0.15, -0.1) is 0 Å². The van der Waals surface area contributed by atoms with Crippen molar-refractivity contribution in [2.45, 2.75) is 26.4 Å². The van der Waals surface area contributed by atoms with Crippen LogP contribution >= 0.6 is 22.6 Å². The Bertz CT molecular complexity index is 425. The number of nitrogens with one attached hydrogen (secondary N) is 1. The van der Waals surface area contributed by atoms with Gasteiger partial charge in [-0.05, 0) is 49.4 Å². The molecule has 4 nitrogen and oxygen atoms in total. The van der Waals surface area contributed by atoms with Crippen LogP contribution in [0.3, 0.4) is 0 Å². The van der Waals surface area contributed by atoms with Crippen molar-refractivity contribution in [1.29, 1.82) is 0 Å². The van der Waals surface area contributed by atoms with Crippen LogP contribution in [0.25, 0.3) is 0 Å². The zero-order valence-electron chi connectivity index (χ0n) is 10.0. The van der Waals surface area contributed by atoms with E-state index in [-0.39, 0.29) is 0 Å². The standard InChI is InChI=1S/C12H15IN2O2/c1-12(2,3)17-11(16)15-14-8-9-6-4-5-7-10(9)13/h4-8H,1-3H3,(H,15,16)/b14-8-. The van der Waals surface area contributed by atoms with E-state index in [2.05, 4.69) is 33.1 Å². The van der Waals surface area contributed by atoms with Gasteiger partial charge in [-0.3, -0.25) is 0 Å². The van der Waals surface area contributed by atoms with Crippen LogP contribution in [0.5, 0.6) is 0 Å². The number of benzene rings is 1. The van der Waals surface area contributed by atoms with Crippen molar-refractivity contribution in [3.05, 3.63) is 33.4 Å². The maximum atomic E-state index is 11.3. The summed E-state index contributed by atoms with van der Waals surface area (Å²) in [5, 5.41) is 3.83. The predicted octanol–water partition coefficient (Wildman–Crippen LogP) is 3.15. The third-order valence-electron chi connectivity index (χ3n) is 1.66. The summed E-state index contributed by atoms with van der Waals surface area (Å²) in [4.78, 5) is 11.3. The second-order valence-corrected chi connectivity index (χ2v) is 5.56. The van der Waals surface area contributed by atoms with E-state index < -0.39 is 11.7 Å². The Kier molecular flexibility index (Phi) is 4.92. The molecule has 0 atom stereocenters. The van der Waals surface area contributed by atoms with Gasteiger partial charge in [0.25, 0.3) is 0 Å². The Balaban J connectivity index is 2.51. The molecule has 1 aromatic carbocycles. The van der Waals surface area contributed by atoms with E-state index in [0.29, 0.717) is 0 Å². The molecule has 0 aliphatic rings. The van der Waals surface area contributed by atoms with Gasteiger partial charge >= 0.3 is 6.09 Å². The predicted molar refractivity (Wildman–Crippen MR) is 76.1 cm³/mol. The van der Waals surface area contributed by atoms with E-state index >= 15 is 0 Å². The highest BCUT2D eigenvalue weighted by Crippen LogP contribution is 2.09. The van der Waals surface area contributed by atoms with Crippen molar-refractivity contribution in [2.24, 2.45) is 5.10 Å². The molecule has 0 unspecified atom stereocenters. The highest BCUT2D eigenvalue weighted by atomic mass is 127. The lowest BCUT2D eigenvalue weighted by Gasteiger charge is -2.18. The largest absolute Gasteiger partial charge is 0.443 e. The third-order valence-corrected chi connectivity index (χ3v) is 2.65. The van der Waals surface area contributed by atoms with Crippen LogP contribution in [-0.4, -0.2) is 17.9 Å². The molecule has 0 bridgehead atoms. The fourth-order valence-electron chi connectivity index (χ4n) is 1.04. The zero-order chi connectivity index (χ0) is 12.9. The van der Waals surface area contributed by atoms with Crippen LogP contribution in [-0.2, 0) is 4.74 Å². The molecule has 0 aliphatic carbocycles. The van der Waals surface area contributed by atoms with Crippen LogP contribution in [0.4, 0.5) is 4.79 Å². The van der Waals surface area contributed by atoms with Gasteiger partial charge in [-0.2, -0.15) is 5.10 Å². The number of halogens is 1. The van der Waals surface area contributed by atoms with Gasteiger partial charge in [0.1, 0.15) is 5.60 Å². The van der Waals surface area contributed by atoms with Crippen molar-refractivity contribution in [1.82, 2.24) is 5.43 Å².